The first-order chi connectivity index (χ1) is 14.6. The molecule has 0 aliphatic heterocycles. The van der Waals surface area contributed by atoms with Gasteiger partial charge < -0.3 is 15.4 Å². The van der Waals surface area contributed by atoms with Gasteiger partial charge in [0.1, 0.15) is 18.2 Å². The fourth-order valence-corrected chi connectivity index (χ4v) is 2.69. The van der Waals surface area contributed by atoms with Crippen molar-refractivity contribution < 1.29 is 18.3 Å². The van der Waals surface area contributed by atoms with Crippen LogP contribution in [0.1, 0.15) is 36.6 Å². The summed E-state index contributed by atoms with van der Waals surface area (Å²) in [7, 11) is 0. The second-order valence-corrected chi connectivity index (χ2v) is 7.03. The Morgan fingerprint density at radius 2 is 1.94 bits per heavy atom. The maximum absolute atomic E-state index is 13.7. The molecule has 31 heavy (non-hydrogen) atoms. The Hall–Kier alpha value is -3.69. The van der Waals surface area contributed by atoms with Gasteiger partial charge in [-0.1, -0.05) is 6.07 Å². The molecule has 3 heterocycles. The fraction of sp³-hybridized carbons (Fsp3) is 0.286. The van der Waals surface area contributed by atoms with Crippen LogP contribution in [0.3, 0.4) is 0 Å². The number of alkyl halides is 2. The molecule has 0 aliphatic carbocycles. The number of aromatic nitrogens is 4. The lowest BCUT2D eigenvalue weighted by molar-refractivity contribution is -0.114. The van der Waals surface area contributed by atoms with Gasteiger partial charge in [-0.05, 0) is 25.5 Å². The fourth-order valence-electron chi connectivity index (χ4n) is 2.69. The molecule has 0 bridgehead atoms. The standard InChI is InChI=1S/C21H22F2N6O2/c1-12-6-5-7-24-16(12)11-31-17-10-25-18(27-14(3)30)9-15(17)28-19-8-13(2)26-20(29-19)21(4,22)23/h5-10H,11H2,1-4H3,(H2,25,26,27,28,29,30). The highest BCUT2D eigenvalue weighted by Gasteiger charge is 2.29. The largest absolute Gasteiger partial charge is 0.483 e. The van der Waals surface area contributed by atoms with Crippen molar-refractivity contribution in [2.45, 2.75) is 40.2 Å². The second kappa shape index (κ2) is 8.99. The van der Waals surface area contributed by atoms with Crippen molar-refractivity contribution in [1.82, 2.24) is 19.9 Å². The summed E-state index contributed by atoms with van der Waals surface area (Å²) in [5.74, 6) is -3.34. The maximum atomic E-state index is 13.7. The Labute approximate surface area is 178 Å². The number of hydrogen-bond acceptors (Lipinski definition) is 7. The minimum atomic E-state index is -3.20. The van der Waals surface area contributed by atoms with Crippen molar-refractivity contribution in [3.8, 4) is 5.75 Å². The van der Waals surface area contributed by atoms with E-state index in [1.54, 1.807) is 13.1 Å². The zero-order valence-corrected chi connectivity index (χ0v) is 17.5. The lowest BCUT2D eigenvalue weighted by Gasteiger charge is -2.16. The second-order valence-electron chi connectivity index (χ2n) is 7.03. The molecule has 10 heteroatoms. The van der Waals surface area contributed by atoms with E-state index in [2.05, 4.69) is 30.6 Å². The molecule has 0 saturated carbocycles. The number of nitrogens with one attached hydrogen (secondary N) is 2. The SMILES string of the molecule is CC(=O)Nc1cc(Nc2cc(C)nc(C(C)(F)F)n2)c(OCc2ncccc2C)cn1. The molecule has 0 unspecified atom stereocenters. The smallest absolute Gasteiger partial charge is 0.303 e. The highest BCUT2D eigenvalue weighted by molar-refractivity contribution is 5.88. The number of halogens is 2. The molecular weight excluding hydrogens is 406 g/mol. The molecule has 0 aromatic carbocycles. The summed E-state index contributed by atoms with van der Waals surface area (Å²) >= 11 is 0. The summed E-state index contributed by atoms with van der Waals surface area (Å²) in [6, 6.07) is 6.80. The van der Waals surface area contributed by atoms with Gasteiger partial charge in [0.05, 0.1) is 17.6 Å². The van der Waals surface area contributed by atoms with Gasteiger partial charge in [0.15, 0.2) is 5.75 Å². The minimum absolute atomic E-state index is 0.155. The highest BCUT2D eigenvalue weighted by Crippen LogP contribution is 2.31. The molecule has 8 nitrogen and oxygen atoms in total. The van der Waals surface area contributed by atoms with E-state index in [4.69, 9.17) is 4.74 Å². The normalized spacial score (nSPS) is 11.2. The molecular formula is C21H22F2N6O2. The van der Waals surface area contributed by atoms with Gasteiger partial charge >= 0.3 is 5.92 Å². The van der Waals surface area contributed by atoms with Crippen molar-refractivity contribution in [2.24, 2.45) is 0 Å². The summed E-state index contributed by atoms with van der Waals surface area (Å²) in [5.41, 5.74) is 2.46. The first kappa shape index (κ1) is 22.0. The van der Waals surface area contributed by atoms with Crippen LogP contribution in [-0.4, -0.2) is 25.8 Å². The summed E-state index contributed by atoms with van der Waals surface area (Å²) < 4.78 is 33.4. The topological polar surface area (TPSA) is 102 Å². The number of amides is 1. The molecule has 0 fully saturated rings. The average molecular weight is 428 g/mol. The molecule has 2 N–H and O–H groups in total. The van der Waals surface area contributed by atoms with E-state index < -0.39 is 11.7 Å². The van der Waals surface area contributed by atoms with Crippen molar-refractivity contribution in [3.63, 3.8) is 0 Å². The van der Waals surface area contributed by atoms with Crippen LogP contribution in [-0.2, 0) is 17.3 Å². The number of nitrogens with zero attached hydrogens (tertiary/aromatic N) is 4. The quantitative estimate of drug-likeness (QED) is 0.579. The van der Waals surface area contributed by atoms with Crippen molar-refractivity contribution in [1.29, 1.82) is 0 Å². The lowest BCUT2D eigenvalue weighted by atomic mass is 10.2. The van der Waals surface area contributed by atoms with Gasteiger partial charge in [-0.15, -0.1) is 0 Å². The van der Waals surface area contributed by atoms with E-state index >= 15 is 0 Å². The van der Waals surface area contributed by atoms with Crippen LogP contribution in [0.15, 0.2) is 36.7 Å². The van der Waals surface area contributed by atoms with Crippen LogP contribution >= 0.6 is 0 Å². The zero-order valence-electron chi connectivity index (χ0n) is 17.5. The number of rotatable bonds is 7. The van der Waals surface area contributed by atoms with Crippen LogP contribution in [0.2, 0.25) is 0 Å². The molecule has 3 aromatic heterocycles. The first-order valence-electron chi connectivity index (χ1n) is 9.44. The van der Waals surface area contributed by atoms with Crippen molar-refractivity contribution >= 4 is 23.2 Å². The number of hydrogen-bond donors (Lipinski definition) is 2. The van der Waals surface area contributed by atoms with E-state index in [0.717, 1.165) is 18.2 Å². The number of carbonyl (C=O) groups excluding carboxylic acids is 1. The minimum Gasteiger partial charge on any atom is -0.483 e. The third-order valence-corrected chi connectivity index (χ3v) is 4.16. The van der Waals surface area contributed by atoms with E-state index in [1.165, 1.54) is 25.3 Å². The molecule has 1 amide bonds. The monoisotopic (exact) mass is 428 g/mol. The molecule has 0 saturated heterocycles. The van der Waals surface area contributed by atoms with Gasteiger partial charge in [0.2, 0.25) is 11.7 Å². The van der Waals surface area contributed by atoms with Gasteiger partial charge in [0.25, 0.3) is 0 Å². The number of aryl methyl sites for hydroxylation is 2. The zero-order chi connectivity index (χ0) is 22.6. The summed E-state index contributed by atoms with van der Waals surface area (Å²) in [4.78, 5) is 27.6. The van der Waals surface area contributed by atoms with Crippen LogP contribution in [0.4, 0.5) is 26.1 Å². The Kier molecular flexibility index (Phi) is 6.38. The first-order valence-corrected chi connectivity index (χ1v) is 9.44. The summed E-state index contributed by atoms with van der Waals surface area (Å²) in [6.07, 6.45) is 3.09. The Bertz CT molecular complexity index is 1100. The predicted octanol–water partition coefficient (Wildman–Crippen LogP) is 4.28. The molecule has 3 rings (SSSR count). The molecule has 162 valence electrons. The number of anilines is 3. The summed E-state index contributed by atoms with van der Waals surface area (Å²) in [6.45, 7) is 5.77. The van der Waals surface area contributed by atoms with E-state index in [0.29, 0.717) is 17.1 Å². The van der Waals surface area contributed by atoms with Gasteiger partial charge in [0, 0.05) is 37.9 Å². The molecule has 3 aromatic rings. The third kappa shape index (κ3) is 5.91. The lowest BCUT2D eigenvalue weighted by Crippen LogP contribution is -2.15. The van der Waals surface area contributed by atoms with E-state index in [-0.39, 0.29) is 24.1 Å². The summed E-state index contributed by atoms with van der Waals surface area (Å²) in [5, 5.41) is 5.55. The maximum Gasteiger partial charge on any atom is 0.303 e. The Balaban J connectivity index is 1.93. The Morgan fingerprint density at radius 3 is 2.61 bits per heavy atom. The third-order valence-electron chi connectivity index (χ3n) is 4.16. The molecule has 0 aliphatic rings. The predicted molar refractivity (Wildman–Crippen MR) is 111 cm³/mol. The number of ether oxygens (including phenoxy) is 1. The van der Waals surface area contributed by atoms with Gasteiger partial charge in [-0.3, -0.25) is 9.78 Å². The van der Waals surface area contributed by atoms with Crippen LogP contribution < -0.4 is 15.4 Å². The highest BCUT2D eigenvalue weighted by atomic mass is 19.3. The Morgan fingerprint density at radius 1 is 1.16 bits per heavy atom. The van der Waals surface area contributed by atoms with Crippen molar-refractivity contribution in [2.75, 3.05) is 10.6 Å². The molecule has 0 spiro atoms. The number of carbonyl (C=O) groups is 1. The van der Waals surface area contributed by atoms with Crippen molar-refractivity contribution in [3.05, 3.63) is 59.4 Å². The molecule has 0 atom stereocenters. The van der Waals surface area contributed by atoms with Crippen LogP contribution in [0.25, 0.3) is 0 Å². The molecule has 0 radical (unpaired) electrons. The van der Waals surface area contributed by atoms with E-state index in [9.17, 15) is 13.6 Å². The van der Waals surface area contributed by atoms with Gasteiger partial charge in [-0.2, -0.15) is 8.78 Å². The average Bonchev–Trinajstić information content (AvgIpc) is 2.67. The number of pyridine rings is 2. The van der Waals surface area contributed by atoms with Crippen LogP contribution in [0.5, 0.6) is 5.75 Å². The van der Waals surface area contributed by atoms with Gasteiger partial charge in [-0.25, -0.2) is 15.0 Å². The van der Waals surface area contributed by atoms with Crippen LogP contribution in [0, 0.1) is 13.8 Å². The van der Waals surface area contributed by atoms with E-state index in [1.807, 2.05) is 19.1 Å².